The maximum Gasteiger partial charge on any atom is 0.326 e. The summed E-state index contributed by atoms with van der Waals surface area (Å²) >= 11 is 0. The molecule has 4 atom stereocenters. The summed E-state index contributed by atoms with van der Waals surface area (Å²) in [5.74, 6) is -5.96. The van der Waals surface area contributed by atoms with E-state index in [2.05, 4.69) is 25.9 Å². The molecule has 0 spiro atoms. The zero-order valence-corrected chi connectivity index (χ0v) is 19.4. The van der Waals surface area contributed by atoms with Crippen molar-refractivity contribution in [1.29, 1.82) is 0 Å². The minimum atomic E-state index is -1.60. The Balaban J connectivity index is 2.99. The number of hydrogen-bond acceptors (Lipinski definition) is 8. The van der Waals surface area contributed by atoms with Crippen LogP contribution in [0.25, 0.3) is 0 Å². The van der Waals surface area contributed by atoms with E-state index in [0.717, 1.165) is 0 Å². The summed E-state index contributed by atoms with van der Waals surface area (Å²) in [5.41, 5.74) is 16.6. The van der Waals surface area contributed by atoms with Crippen LogP contribution in [0.3, 0.4) is 0 Å². The number of amides is 5. The summed E-state index contributed by atoms with van der Waals surface area (Å²) in [6.45, 7) is 3.68. The number of rotatable bonds is 15. The molecule has 0 aliphatic rings. The molecule has 15 heteroatoms. The van der Waals surface area contributed by atoms with Gasteiger partial charge in [0.25, 0.3) is 0 Å². The van der Waals surface area contributed by atoms with Gasteiger partial charge in [0.15, 0.2) is 0 Å². The number of imidazole rings is 1. The summed E-state index contributed by atoms with van der Waals surface area (Å²) in [7, 11) is 0. The first-order valence-corrected chi connectivity index (χ1v) is 10.7. The Morgan fingerprint density at radius 2 is 1.40 bits per heavy atom. The highest BCUT2D eigenvalue weighted by molar-refractivity contribution is 5.97. The van der Waals surface area contributed by atoms with Crippen LogP contribution in [-0.2, 0) is 35.2 Å². The highest BCUT2D eigenvalue weighted by Gasteiger charge is 2.32. The number of nitrogens with zero attached hydrogens (tertiary/aromatic N) is 1. The van der Waals surface area contributed by atoms with Crippen molar-refractivity contribution >= 4 is 35.5 Å². The summed E-state index contributed by atoms with van der Waals surface area (Å²) in [6, 6.07) is -5.49. The van der Waals surface area contributed by atoms with Crippen LogP contribution in [0.1, 0.15) is 38.8 Å². The number of H-pyrrole nitrogens is 1. The molecule has 5 amide bonds. The number of carboxylic acids is 1. The molecule has 0 aliphatic carbocycles. The van der Waals surface area contributed by atoms with Crippen molar-refractivity contribution in [2.45, 2.75) is 63.7 Å². The normalized spacial score (nSPS) is 14.3. The van der Waals surface area contributed by atoms with E-state index in [1.807, 2.05) is 13.8 Å². The fourth-order valence-corrected chi connectivity index (χ4v) is 3.08. The minimum Gasteiger partial charge on any atom is -0.480 e. The second kappa shape index (κ2) is 13.6. The van der Waals surface area contributed by atoms with Crippen LogP contribution >= 0.6 is 0 Å². The van der Waals surface area contributed by atoms with Crippen LogP contribution in [0.5, 0.6) is 0 Å². The molecule has 0 saturated heterocycles. The molecule has 4 unspecified atom stereocenters. The van der Waals surface area contributed by atoms with Crippen LogP contribution in [0.2, 0.25) is 0 Å². The van der Waals surface area contributed by atoms with E-state index in [1.54, 1.807) is 0 Å². The molecule has 0 aromatic carbocycles. The Morgan fingerprint density at radius 1 is 0.914 bits per heavy atom. The fraction of sp³-hybridized carbons (Fsp3) is 0.550. The summed E-state index contributed by atoms with van der Waals surface area (Å²) in [5, 5.41) is 16.2. The number of aromatic nitrogens is 2. The van der Waals surface area contributed by atoms with Crippen LogP contribution in [0.15, 0.2) is 12.5 Å². The molecule has 0 radical (unpaired) electrons. The van der Waals surface area contributed by atoms with Crippen molar-refractivity contribution in [3.05, 3.63) is 18.2 Å². The van der Waals surface area contributed by atoms with Gasteiger partial charge in [0, 0.05) is 18.3 Å². The van der Waals surface area contributed by atoms with Crippen LogP contribution in [0.4, 0.5) is 0 Å². The van der Waals surface area contributed by atoms with Crippen molar-refractivity contribution in [1.82, 2.24) is 25.9 Å². The second-order valence-corrected chi connectivity index (χ2v) is 8.38. The maximum absolute atomic E-state index is 12.8. The van der Waals surface area contributed by atoms with E-state index in [1.165, 1.54) is 12.5 Å². The van der Waals surface area contributed by atoms with E-state index >= 15 is 0 Å². The Bertz CT molecular complexity index is 919. The minimum absolute atomic E-state index is 0.0757. The molecule has 1 aromatic rings. The molecule has 0 fully saturated rings. The second-order valence-electron chi connectivity index (χ2n) is 8.38. The van der Waals surface area contributed by atoms with Crippen LogP contribution in [-0.4, -0.2) is 74.7 Å². The average molecular weight is 497 g/mol. The quantitative estimate of drug-likeness (QED) is 0.120. The van der Waals surface area contributed by atoms with Gasteiger partial charge in [-0.1, -0.05) is 13.8 Å². The number of primary amides is 2. The zero-order valence-electron chi connectivity index (χ0n) is 19.4. The smallest absolute Gasteiger partial charge is 0.326 e. The largest absolute Gasteiger partial charge is 0.480 e. The number of carbonyl (C=O) groups excluding carboxylic acids is 5. The van der Waals surface area contributed by atoms with Gasteiger partial charge in [0.2, 0.25) is 29.5 Å². The number of aromatic amines is 1. The molecule has 0 bridgehead atoms. The predicted octanol–water partition coefficient (Wildman–Crippen LogP) is -3.38. The molecule has 1 aromatic heterocycles. The Labute approximate surface area is 200 Å². The van der Waals surface area contributed by atoms with E-state index in [9.17, 15) is 33.9 Å². The van der Waals surface area contributed by atoms with Gasteiger partial charge in [-0.15, -0.1) is 0 Å². The maximum atomic E-state index is 12.8. The standard InChI is InChI=1S/C20H32N8O7/c1-9(2)3-11(21)17(31)26-12(5-15(22)29)18(32)27-13(6-16(23)30)19(33)28-14(20(34)35)4-10-7-24-8-25-10/h7-9,11-14H,3-6,21H2,1-2H3,(H2,22,29)(H2,23,30)(H,24,25)(H,26,31)(H,27,32)(H,28,33)(H,34,35). The van der Waals surface area contributed by atoms with Crippen molar-refractivity contribution in [3.63, 3.8) is 0 Å². The lowest BCUT2D eigenvalue weighted by atomic mass is 10.0. The number of nitrogens with one attached hydrogen (secondary N) is 4. The Hall–Kier alpha value is -4.01. The molecular formula is C20H32N8O7. The van der Waals surface area contributed by atoms with Crippen LogP contribution in [0, 0.1) is 5.92 Å². The number of carbonyl (C=O) groups is 6. The number of aliphatic carboxylic acids is 1. The van der Waals surface area contributed by atoms with Gasteiger partial charge < -0.3 is 43.2 Å². The first-order valence-electron chi connectivity index (χ1n) is 10.7. The summed E-state index contributed by atoms with van der Waals surface area (Å²) < 4.78 is 0. The van der Waals surface area contributed by atoms with Crippen LogP contribution < -0.4 is 33.2 Å². The Morgan fingerprint density at radius 3 is 1.80 bits per heavy atom. The van der Waals surface area contributed by atoms with Gasteiger partial charge in [-0.2, -0.15) is 0 Å². The summed E-state index contributed by atoms with van der Waals surface area (Å²) in [4.78, 5) is 78.9. The van der Waals surface area contributed by atoms with Crippen molar-refractivity contribution in [2.75, 3.05) is 0 Å². The van der Waals surface area contributed by atoms with Gasteiger partial charge in [-0.05, 0) is 12.3 Å². The van der Waals surface area contributed by atoms with Gasteiger partial charge in [-0.25, -0.2) is 9.78 Å². The molecule has 35 heavy (non-hydrogen) atoms. The van der Waals surface area contributed by atoms with E-state index < -0.39 is 72.5 Å². The predicted molar refractivity (Wildman–Crippen MR) is 121 cm³/mol. The third kappa shape index (κ3) is 10.6. The first kappa shape index (κ1) is 29.0. The summed E-state index contributed by atoms with van der Waals surface area (Å²) in [6.07, 6.45) is 1.54. The fourth-order valence-electron chi connectivity index (χ4n) is 3.08. The van der Waals surface area contributed by atoms with Gasteiger partial charge in [0.05, 0.1) is 25.2 Å². The lowest BCUT2D eigenvalue weighted by Crippen LogP contribution is -2.58. The lowest BCUT2D eigenvalue weighted by molar-refractivity contribution is -0.142. The molecule has 1 rings (SSSR count). The van der Waals surface area contributed by atoms with Crippen molar-refractivity contribution in [3.8, 4) is 0 Å². The van der Waals surface area contributed by atoms with E-state index in [-0.39, 0.29) is 12.3 Å². The van der Waals surface area contributed by atoms with Crippen molar-refractivity contribution in [2.24, 2.45) is 23.1 Å². The molecule has 1 heterocycles. The van der Waals surface area contributed by atoms with Gasteiger partial charge >= 0.3 is 5.97 Å². The molecule has 194 valence electrons. The third-order valence-electron chi connectivity index (χ3n) is 4.73. The van der Waals surface area contributed by atoms with Crippen molar-refractivity contribution < 1.29 is 33.9 Å². The van der Waals surface area contributed by atoms with Gasteiger partial charge in [-0.3, -0.25) is 24.0 Å². The monoisotopic (exact) mass is 496 g/mol. The third-order valence-corrected chi connectivity index (χ3v) is 4.73. The topological polar surface area (TPSA) is 265 Å². The molecular weight excluding hydrogens is 464 g/mol. The highest BCUT2D eigenvalue weighted by atomic mass is 16.4. The zero-order chi connectivity index (χ0) is 26.7. The lowest BCUT2D eigenvalue weighted by Gasteiger charge is -2.24. The molecule has 0 aliphatic heterocycles. The Kier molecular flexibility index (Phi) is 11.3. The van der Waals surface area contributed by atoms with E-state index in [0.29, 0.717) is 12.1 Å². The number of carboxylic acid groups (broad SMARTS) is 1. The molecule has 0 saturated carbocycles. The number of nitrogens with two attached hydrogens (primary N) is 3. The molecule has 11 N–H and O–H groups in total. The first-order chi connectivity index (χ1) is 16.3. The van der Waals surface area contributed by atoms with Gasteiger partial charge in [0.1, 0.15) is 18.1 Å². The average Bonchev–Trinajstić information content (AvgIpc) is 3.24. The highest BCUT2D eigenvalue weighted by Crippen LogP contribution is 2.05. The molecule has 15 nitrogen and oxygen atoms in total. The SMILES string of the molecule is CC(C)CC(N)C(=O)NC(CC(N)=O)C(=O)NC(CC(N)=O)C(=O)NC(Cc1cnc[nH]1)C(=O)O. The van der Waals surface area contributed by atoms with E-state index in [4.69, 9.17) is 17.2 Å². The number of hydrogen-bond donors (Lipinski definition) is 8.